The van der Waals surface area contributed by atoms with Gasteiger partial charge in [-0.25, -0.2) is 13.6 Å². The summed E-state index contributed by atoms with van der Waals surface area (Å²) in [6.07, 6.45) is 1.72. The van der Waals surface area contributed by atoms with Crippen molar-refractivity contribution < 1.29 is 17.9 Å². The zero-order valence-electron chi connectivity index (χ0n) is 11.6. The van der Waals surface area contributed by atoms with Crippen LogP contribution in [-0.2, 0) is 14.8 Å². The molecular weight excluding hydrogens is 316 g/mol. The Bertz CT molecular complexity index is 654. The molecule has 0 radical (unpaired) electrons. The summed E-state index contributed by atoms with van der Waals surface area (Å²) in [6, 6.07) is 2.67. The molecule has 1 aromatic carbocycles. The van der Waals surface area contributed by atoms with Crippen LogP contribution in [0.1, 0.15) is 28.8 Å². The minimum Gasteiger partial charge on any atom is -0.379 e. The van der Waals surface area contributed by atoms with Crippen molar-refractivity contribution in [3.63, 3.8) is 0 Å². The van der Waals surface area contributed by atoms with E-state index in [1.165, 1.54) is 12.1 Å². The number of ether oxygens (including phenoxy) is 1. The Morgan fingerprint density at radius 3 is 2.76 bits per heavy atom. The maximum Gasteiger partial charge on any atom is 0.251 e. The number of nitrogens with one attached hydrogen (secondary N) is 1. The maximum atomic E-state index is 12.2. The monoisotopic (exact) mass is 332 g/mol. The van der Waals surface area contributed by atoms with Gasteiger partial charge >= 0.3 is 0 Å². The second-order valence-corrected chi connectivity index (χ2v) is 6.95. The first-order chi connectivity index (χ1) is 9.79. The Hall–Kier alpha value is -1.15. The fourth-order valence-electron chi connectivity index (χ4n) is 2.20. The lowest BCUT2D eigenvalue weighted by molar-refractivity contribution is 0.0624. The molecule has 21 heavy (non-hydrogen) atoms. The SMILES string of the molecule is Cc1cc(C(=O)NC2CCCOC2)cc(S(N)(=O)=O)c1Cl. The summed E-state index contributed by atoms with van der Waals surface area (Å²) in [5.74, 6) is -0.366. The average molecular weight is 333 g/mol. The molecule has 8 heteroatoms. The minimum atomic E-state index is -3.98. The van der Waals surface area contributed by atoms with E-state index in [4.69, 9.17) is 21.5 Å². The molecule has 1 amide bonds. The third kappa shape index (κ3) is 3.94. The van der Waals surface area contributed by atoms with Gasteiger partial charge in [-0.3, -0.25) is 4.79 Å². The highest BCUT2D eigenvalue weighted by molar-refractivity contribution is 7.89. The number of hydrogen-bond donors (Lipinski definition) is 2. The van der Waals surface area contributed by atoms with Crippen molar-refractivity contribution >= 4 is 27.5 Å². The summed E-state index contributed by atoms with van der Waals surface area (Å²) in [7, 11) is -3.98. The molecule has 1 heterocycles. The molecule has 1 aliphatic rings. The van der Waals surface area contributed by atoms with Crippen LogP contribution in [0.4, 0.5) is 0 Å². The van der Waals surface area contributed by atoms with Gasteiger partial charge < -0.3 is 10.1 Å². The van der Waals surface area contributed by atoms with Crippen LogP contribution < -0.4 is 10.5 Å². The van der Waals surface area contributed by atoms with Crippen LogP contribution in [0.5, 0.6) is 0 Å². The molecule has 0 aromatic heterocycles. The predicted octanol–water partition coefficient (Wildman–Crippen LogP) is 1.20. The Morgan fingerprint density at radius 1 is 1.48 bits per heavy atom. The molecule has 6 nitrogen and oxygen atoms in total. The molecule has 1 fully saturated rings. The number of halogens is 1. The molecule has 1 aromatic rings. The highest BCUT2D eigenvalue weighted by Gasteiger charge is 2.21. The van der Waals surface area contributed by atoms with Gasteiger partial charge in [-0.05, 0) is 37.5 Å². The van der Waals surface area contributed by atoms with E-state index in [1.807, 2.05) is 0 Å². The maximum absolute atomic E-state index is 12.2. The van der Waals surface area contributed by atoms with Gasteiger partial charge in [0.25, 0.3) is 5.91 Å². The van der Waals surface area contributed by atoms with Crippen molar-refractivity contribution in [2.24, 2.45) is 5.14 Å². The third-order valence-corrected chi connectivity index (χ3v) is 4.83. The third-order valence-electron chi connectivity index (χ3n) is 3.29. The molecule has 0 spiro atoms. The number of rotatable bonds is 3. The smallest absolute Gasteiger partial charge is 0.251 e. The van der Waals surface area contributed by atoms with E-state index in [2.05, 4.69) is 5.32 Å². The van der Waals surface area contributed by atoms with E-state index in [0.29, 0.717) is 18.8 Å². The van der Waals surface area contributed by atoms with Gasteiger partial charge in [-0.15, -0.1) is 0 Å². The van der Waals surface area contributed by atoms with Gasteiger partial charge in [0.1, 0.15) is 4.90 Å². The number of carbonyl (C=O) groups excluding carboxylic acids is 1. The first kappa shape index (κ1) is 16.2. The number of aryl methyl sites for hydroxylation is 1. The summed E-state index contributed by atoms with van der Waals surface area (Å²) < 4.78 is 28.3. The number of nitrogens with two attached hydrogens (primary N) is 1. The minimum absolute atomic E-state index is 0.0371. The molecule has 1 aliphatic heterocycles. The lowest BCUT2D eigenvalue weighted by Gasteiger charge is -2.23. The zero-order valence-corrected chi connectivity index (χ0v) is 13.1. The number of sulfonamides is 1. The van der Waals surface area contributed by atoms with Crippen LogP contribution in [0.3, 0.4) is 0 Å². The van der Waals surface area contributed by atoms with Gasteiger partial charge in [0.2, 0.25) is 10.0 Å². The Morgan fingerprint density at radius 2 is 2.19 bits per heavy atom. The van der Waals surface area contributed by atoms with Crippen LogP contribution >= 0.6 is 11.6 Å². The van der Waals surface area contributed by atoms with Gasteiger partial charge in [-0.2, -0.15) is 0 Å². The number of primary sulfonamides is 1. The number of hydrogen-bond acceptors (Lipinski definition) is 4. The van der Waals surface area contributed by atoms with Crippen molar-refractivity contribution in [3.8, 4) is 0 Å². The number of carbonyl (C=O) groups is 1. The zero-order chi connectivity index (χ0) is 15.6. The second-order valence-electron chi connectivity index (χ2n) is 5.04. The summed E-state index contributed by atoms with van der Waals surface area (Å²) in [4.78, 5) is 12.0. The average Bonchev–Trinajstić information content (AvgIpc) is 2.41. The predicted molar refractivity (Wildman–Crippen MR) is 78.9 cm³/mol. The van der Waals surface area contributed by atoms with Crippen LogP contribution in [0.15, 0.2) is 17.0 Å². The van der Waals surface area contributed by atoms with Crippen molar-refractivity contribution in [1.29, 1.82) is 0 Å². The molecule has 1 atom stereocenters. The Kier molecular flexibility index (Phi) is 4.88. The molecule has 2 rings (SSSR count). The topological polar surface area (TPSA) is 98.5 Å². The van der Waals surface area contributed by atoms with E-state index in [1.54, 1.807) is 6.92 Å². The molecule has 0 saturated carbocycles. The fourth-order valence-corrected chi connectivity index (χ4v) is 3.33. The van der Waals surface area contributed by atoms with E-state index < -0.39 is 10.0 Å². The lowest BCUT2D eigenvalue weighted by atomic mass is 10.1. The Labute approximate surface area is 128 Å². The van der Waals surface area contributed by atoms with E-state index >= 15 is 0 Å². The molecule has 0 aliphatic carbocycles. The molecule has 116 valence electrons. The van der Waals surface area contributed by atoms with E-state index in [-0.39, 0.29) is 27.4 Å². The van der Waals surface area contributed by atoms with E-state index in [9.17, 15) is 13.2 Å². The first-order valence-corrected chi connectivity index (χ1v) is 8.43. The second kappa shape index (κ2) is 6.31. The standard InChI is InChI=1S/C13H17ClN2O4S/c1-8-5-9(6-11(12(8)14)21(15,18)19)13(17)16-10-3-2-4-20-7-10/h5-6,10H,2-4,7H2,1H3,(H,16,17)(H2,15,18,19). The van der Waals surface area contributed by atoms with Crippen LogP contribution in [0.25, 0.3) is 0 Å². The highest BCUT2D eigenvalue weighted by atomic mass is 35.5. The normalized spacial score (nSPS) is 19.3. The molecular formula is C13H17ClN2O4S. The highest BCUT2D eigenvalue weighted by Crippen LogP contribution is 2.26. The molecule has 3 N–H and O–H groups in total. The van der Waals surface area contributed by atoms with Crippen LogP contribution in [0.2, 0.25) is 5.02 Å². The summed E-state index contributed by atoms with van der Waals surface area (Å²) in [6.45, 7) is 2.78. The summed E-state index contributed by atoms with van der Waals surface area (Å²) in [5, 5.41) is 7.97. The van der Waals surface area contributed by atoms with Crippen molar-refractivity contribution in [3.05, 3.63) is 28.3 Å². The first-order valence-electron chi connectivity index (χ1n) is 6.50. The van der Waals surface area contributed by atoms with Gasteiger partial charge in [0, 0.05) is 12.2 Å². The fraction of sp³-hybridized carbons (Fsp3) is 0.462. The quantitative estimate of drug-likeness (QED) is 0.869. The van der Waals surface area contributed by atoms with Crippen LogP contribution in [-0.4, -0.2) is 33.6 Å². The van der Waals surface area contributed by atoms with Gasteiger partial charge in [0.15, 0.2) is 0 Å². The largest absolute Gasteiger partial charge is 0.379 e. The van der Waals surface area contributed by atoms with Gasteiger partial charge in [0.05, 0.1) is 17.7 Å². The van der Waals surface area contributed by atoms with Crippen molar-refractivity contribution in [1.82, 2.24) is 5.32 Å². The molecule has 0 bridgehead atoms. The van der Waals surface area contributed by atoms with Crippen LogP contribution in [0, 0.1) is 6.92 Å². The number of amides is 1. The lowest BCUT2D eigenvalue weighted by Crippen LogP contribution is -2.40. The van der Waals surface area contributed by atoms with Crippen molar-refractivity contribution in [2.75, 3.05) is 13.2 Å². The Balaban J connectivity index is 2.27. The van der Waals surface area contributed by atoms with E-state index in [0.717, 1.165) is 12.8 Å². The molecule has 1 saturated heterocycles. The number of benzene rings is 1. The summed E-state index contributed by atoms with van der Waals surface area (Å²) in [5.41, 5.74) is 0.694. The molecule has 1 unspecified atom stereocenters. The summed E-state index contributed by atoms with van der Waals surface area (Å²) >= 11 is 5.94. The van der Waals surface area contributed by atoms with Gasteiger partial charge in [-0.1, -0.05) is 11.6 Å². The van der Waals surface area contributed by atoms with Crippen molar-refractivity contribution in [2.45, 2.75) is 30.7 Å².